The second kappa shape index (κ2) is 6.57. The first kappa shape index (κ1) is 14.6. The number of aromatic nitrogens is 1. The number of hydrogen-bond acceptors (Lipinski definition) is 4. The summed E-state index contributed by atoms with van der Waals surface area (Å²) in [6.07, 6.45) is 0. The molecule has 0 aliphatic rings. The minimum absolute atomic E-state index is 0.629. The van der Waals surface area contributed by atoms with Crippen LogP contribution in [0.25, 0.3) is 10.8 Å². The zero-order valence-corrected chi connectivity index (χ0v) is 12.7. The highest BCUT2D eigenvalue weighted by atomic mass is 16.5. The second-order valence-corrected chi connectivity index (χ2v) is 5.13. The molecule has 0 aliphatic carbocycles. The van der Waals surface area contributed by atoms with Gasteiger partial charge in [0.25, 0.3) is 0 Å². The molecule has 0 aliphatic heterocycles. The molecule has 0 saturated heterocycles. The van der Waals surface area contributed by atoms with Gasteiger partial charge in [0.05, 0.1) is 6.61 Å². The van der Waals surface area contributed by atoms with Gasteiger partial charge in [-0.1, -0.05) is 6.07 Å². The molecule has 1 N–H and O–H groups in total. The van der Waals surface area contributed by atoms with E-state index in [1.165, 1.54) is 5.39 Å². The van der Waals surface area contributed by atoms with E-state index in [1.54, 1.807) is 0 Å². The average molecular weight is 273 g/mol. The number of fused-ring (bicyclic) bond motifs is 1. The summed E-state index contributed by atoms with van der Waals surface area (Å²) in [7, 11) is 4.15. The predicted molar refractivity (Wildman–Crippen MR) is 84.7 cm³/mol. The molecule has 0 radical (unpaired) electrons. The first-order chi connectivity index (χ1) is 9.61. The van der Waals surface area contributed by atoms with E-state index in [0.29, 0.717) is 6.61 Å². The van der Waals surface area contributed by atoms with Crippen molar-refractivity contribution >= 4 is 16.5 Å². The quantitative estimate of drug-likeness (QED) is 0.878. The molecule has 0 atom stereocenters. The molecule has 1 aromatic heterocycles. The summed E-state index contributed by atoms with van der Waals surface area (Å²) >= 11 is 0. The van der Waals surface area contributed by atoms with Crippen LogP contribution in [0, 0.1) is 6.92 Å². The van der Waals surface area contributed by atoms with Crippen LogP contribution in [0.2, 0.25) is 0 Å². The lowest BCUT2D eigenvalue weighted by Crippen LogP contribution is -2.20. The summed E-state index contributed by atoms with van der Waals surface area (Å²) in [5.41, 5.74) is 2.11. The Morgan fingerprint density at radius 2 is 2.05 bits per heavy atom. The number of ether oxygens (including phenoxy) is 1. The summed E-state index contributed by atoms with van der Waals surface area (Å²) in [5.74, 6) is 0.721. The number of nitrogens with zero attached hydrogens (tertiary/aromatic N) is 2. The monoisotopic (exact) mass is 273 g/mol. The number of rotatable bonds is 6. The van der Waals surface area contributed by atoms with Crippen LogP contribution in [0.3, 0.4) is 0 Å². The third-order valence-corrected chi connectivity index (χ3v) is 3.12. The number of hydrogen-bond donors (Lipinski definition) is 1. The topological polar surface area (TPSA) is 37.4 Å². The van der Waals surface area contributed by atoms with E-state index in [4.69, 9.17) is 4.74 Å². The van der Waals surface area contributed by atoms with E-state index in [9.17, 15) is 0 Å². The van der Waals surface area contributed by atoms with Crippen molar-refractivity contribution in [3.05, 3.63) is 30.0 Å². The van der Waals surface area contributed by atoms with Crippen LogP contribution in [0.15, 0.2) is 24.3 Å². The summed E-state index contributed by atoms with van der Waals surface area (Å²) in [4.78, 5) is 6.65. The lowest BCUT2D eigenvalue weighted by atomic mass is 10.1. The van der Waals surface area contributed by atoms with Crippen molar-refractivity contribution in [2.45, 2.75) is 13.8 Å². The summed E-state index contributed by atoms with van der Waals surface area (Å²) in [6, 6.07) is 8.31. The standard InChI is InChI=1S/C16H23N3O/c1-5-20-16-13-7-6-8-15(17-9-10-19(3)4)14(13)11-12(2)18-16/h6-8,11,17H,5,9-10H2,1-4H3. The SMILES string of the molecule is CCOc1nc(C)cc2c(NCCN(C)C)cccc12. The molecule has 1 heterocycles. The highest BCUT2D eigenvalue weighted by Gasteiger charge is 2.08. The zero-order valence-electron chi connectivity index (χ0n) is 12.7. The van der Waals surface area contributed by atoms with Gasteiger partial charge in [0, 0.05) is 35.2 Å². The van der Waals surface area contributed by atoms with E-state index in [0.717, 1.165) is 35.7 Å². The molecule has 0 unspecified atom stereocenters. The number of nitrogens with one attached hydrogen (secondary N) is 1. The van der Waals surface area contributed by atoms with Gasteiger partial charge in [-0.2, -0.15) is 0 Å². The van der Waals surface area contributed by atoms with Crippen molar-refractivity contribution < 1.29 is 4.74 Å². The predicted octanol–water partition coefficient (Wildman–Crippen LogP) is 2.92. The fraction of sp³-hybridized carbons (Fsp3) is 0.438. The molecular weight excluding hydrogens is 250 g/mol. The molecular formula is C16H23N3O. The normalized spacial score (nSPS) is 11.1. The smallest absolute Gasteiger partial charge is 0.221 e. The average Bonchev–Trinajstić information content (AvgIpc) is 2.39. The molecule has 4 heteroatoms. The minimum atomic E-state index is 0.629. The Hall–Kier alpha value is -1.81. The summed E-state index contributed by atoms with van der Waals surface area (Å²) < 4.78 is 5.65. The molecule has 1 aromatic carbocycles. The summed E-state index contributed by atoms with van der Waals surface area (Å²) in [5, 5.41) is 5.72. The Morgan fingerprint density at radius 3 is 2.75 bits per heavy atom. The highest BCUT2D eigenvalue weighted by molar-refractivity contribution is 5.97. The van der Waals surface area contributed by atoms with Crippen molar-refractivity contribution in [1.29, 1.82) is 0 Å². The van der Waals surface area contributed by atoms with Crippen molar-refractivity contribution in [2.24, 2.45) is 0 Å². The van der Waals surface area contributed by atoms with Gasteiger partial charge in [-0.3, -0.25) is 0 Å². The fourth-order valence-corrected chi connectivity index (χ4v) is 2.18. The van der Waals surface area contributed by atoms with Crippen LogP contribution < -0.4 is 10.1 Å². The van der Waals surface area contributed by atoms with Crippen LogP contribution in [0.1, 0.15) is 12.6 Å². The lowest BCUT2D eigenvalue weighted by Gasteiger charge is -2.14. The molecule has 108 valence electrons. The molecule has 0 spiro atoms. The third kappa shape index (κ3) is 3.39. The first-order valence-corrected chi connectivity index (χ1v) is 7.03. The van der Waals surface area contributed by atoms with Gasteiger partial charge in [0.15, 0.2) is 0 Å². The van der Waals surface area contributed by atoms with E-state index >= 15 is 0 Å². The Balaban J connectivity index is 2.35. The van der Waals surface area contributed by atoms with Gasteiger partial charge in [-0.25, -0.2) is 4.98 Å². The van der Waals surface area contributed by atoms with Crippen LogP contribution >= 0.6 is 0 Å². The highest BCUT2D eigenvalue weighted by Crippen LogP contribution is 2.30. The van der Waals surface area contributed by atoms with E-state index in [2.05, 4.69) is 47.5 Å². The van der Waals surface area contributed by atoms with Crippen LogP contribution in [0.5, 0.6) is 5.88 Å². The van der Waals surface area contributed by atoms with Crippen LogP contribution in [-0.2, 0) is 0 Å². The number of aryl methyl sites for hydroxylation is 1. The van der Waals surface area contributed by atoms with Crippen molar-refractivity contribution in [3.63, 3.8) is 0 Å². The Morgan fingerprint density at radius 1 is 1.25 bits per heavy atom. The molecule has 0 bridgehead atoms. The molecule has 0 saturated carbocycles. The molecule has 0 fully saturated rings. The third-order valence-electron chi connectivity index (χ3n) is 3.12. The lowest BCUT2D eigenvalue weighted by molar-refractivity contribution is 0.331. The maximum atomic E-state index is 5.65. The molecule has 4 nitrogen and oxygen atoms in total. The van der Waals surface area contributed by atoms with Crippen LogP contribution in [0.4, 0.5) is 5.69 Å². The number of benzene rings is 1. The van der Waals surface area contributed by atoms with Gasteiger partial charge in [0.1, 0.15) is 0 Å². The molecule has 2 rings (SSSR count). The van der Waals surface area contributed by atoms with Crippen LogP contribution in [-0.4, -0.2) is 43.7 Å². The Labute approximate surface area is 120 Å². The Bertz CT molecular complexity index is 581. The van der Waals surface area contributed by atoms with Gasteiger partial charge >= 0.3 is 0 Å². The van der Waals surface area contributed by atoms with Gasteiger partial charge in [-0.05, 0) is 46.1 Å². The number of likely N-dealkylation sites (N-methyl/N-ethyl adjacent to an activating group) is 1. The van der Waals surface area contributed by atoms with E-state index < -0.39 is 0 Å². The maximum absolute atomic E-state index is 5.65. The first-order valence-electron chi connectivity index (χ1n) is 7.03. The molecule has 20 heavy (non-hydrogen) atoms. The van der Waals surface area contributed by atoms with Crippen molar-refractivity contribution in [3.8, 4) is 5.88 Å². The Kier molecular flexibility index (Phi) is 4.79. The van der Waals surface area contributed by atoms with Gasteiger partial charge in [0.2, 0.25) is 5.88 Å². The number of pyridine rings is 1. The van der Waals surface area contributed by atoms with Crippen molar-refractivity contribution in [2.75, 3.05) is 39.1 Å². The van der Waals surface area contributed by atoms with E-state index in [1.807, 2.05) is 19.9 Å². The van der Waals surface area contributed by atoms with E-state index in [-0.39, 0.29) is 0 Å². The maximum Gasteiger partial charge on any atom is 0.221 e. The number of anilines is 1. The fourth-order valence-electron chi connectivity index (χ4n) is 2.18. The van der Waals surface area contributed by atoms with Gasteiger partial charge < -0.3 is 15.0 Å². The summed E-state index contributed by atoms with van der Waals surface area (Å²) in [6.45, 7) is 6.52. The molecule has 0 amide bonds. The zero-order chi connectivity index (χ0) is 14.5. The minimum Gasteiger partial charge on any atom is -0.478 e. The van der Waals surface area contributed by atoms with Crippen molar-refractivity contribution in [1.82, 2.24) is 9.88 Å². The largest absolute Gasteiger partial charge is 0.478 e. The van der Waals surface area contributed by atoms with Gasteiger partial charge in [-0.15, -0.1) is 0 Å². The molecule has 2 aromatic rings. The second-order valence-electron chi connectivity index (χ2n) is 5.13.